The van der Waals surface area contributed by atoms with Crippen molar-refractivity contribution >= 4 is 16.9 Å². The van der Waals surface area contributed by atoms with E-state index in [2.05, 4.69) is 0 Å². The molecule has 0 aromatic heterocycles. The van der Waals surface area contributed by atoms with Gasteiger partial charge >= 0.3 is 0 Å². The molecule has 0 saturated heterocycles. The van der Waals surface area contributed by atoms with Gasteiger partial charge in [0, 0.05) is 0 Å². The molecular weight excluding hydrogens is 188 g/mol. The van der Waals surface area contributed by atoms with Crippen LogP contribution in [-0.2, 0) is 9.53 Å². The van der Waals surface area contributed by atoms with E-state index in [1.807, 2.05) is 13.8 Å². The standard InChI is InChI=1S/C9H14O3S/c1-5(10)6-7(12-4)9(2,3)13-8(6)11/h5,10H,1-4H3. The fourth-order valence-electron chi connectivity index (χ4n) is 1.47. The fraction of sp³-hybridized carbons (Fsp3) is 0.667. The van der Waals surface area contributed by atoms with Gasteiger partial charge in [0.1, 0.15) is 5.76 Å². The quantitative estimate of drug-likeness (QED) is 0.733. The number of aliphatic hydroxyl groups is 1. The molecule has 0 aromatic rings. The molecule has 0 bridgehead atoms. The zero-order valence-corrected chi connectivity index (χ0v) is 9.07. The lowest BCUT2D eigenvalue weighted by Crippen LogP contribution is -2.17. The van der Waals surface area contributed by atoms with E-state index >= 15 is 0 Å². The molecule has 4 heteroatoms. The van der Waals surface area contributed by atoms with Crippen LogP contribution in [0.1, 0.15) is 20.8 Å². The number of hydrogen-bond donors (Lipinski definition) is 1. The van der Waals surface area contributed by atoms with E-state index in [9.17, 15) is 9.90 Å². The van der Waals surface area contributed by atoms with Gasteiger partial charge < -0.3 is 9.84 Å². The maximum Gasteiger partial charge on any atom is 0.222 e. The molecule has 0 radical (unpaired) electrons. The van der Waals surface area contributed by atoms with E-state index < -0.39 is 6.10 Å². The van der Waals surface area contributed by atoms with Crippen LogP contribution < -0.4 is 0 Å². The molecule has 1 heterocycles. The number of carbonyl (C=O) groups excluding carboxylic acids is 1. The summed E-state index contributed by atoms with van der Waals surface area (Å²) in [6.45, 7) is 5.39. The summed E-state index contributed by atoms with van der Waals surface area (Å²) >= 11 is 1.19. The van der Waals surface area contributed by atoms with E-state index in [0.717, 1.165) is 0 Å². The predicted molar refractivity (Wildman–Crippen MR) is 52.4 cm³/mol. The van der Waals surface area contributed by atoms with Crippen LogP contribution in [0.25, 0.3) is 0 Å². The second-order valence-corrected chi connectivity index (χ2v) is 5.12. The highest BCUT2D eigenvalue weighted by Crippen LogP contribution is 2.44. The molecule has 1 aliphatic rings. The van der Waals surface area contributed by atoms with Crippen molar-refractivity contribution in [1.29, 1.82) is 0 Å². The number of aliphatic hydroxyl groups excluding tert-OH is 1. The Balaban J connectivity index is 3.16. The molecule has 1 rings (SSSR count). The molecule has 3 nitrogen and oxygen atoms in total. The Hall–Kier alpha value is -0.480. The van der Waals surface area contributed by atoms with E-state index in [-0.39, 0.29) is 9.86 Å². The summed E-state index contributed by atoms with van der Waals surface area (Å²) in [6.07, 6.45) is -0.753. The van der Waals surface area contributed by atoms with Crippen LogP contribution in [0.4, 0.5) is 0 Å². The van der Waals surface area contributed by atoms with Crippen molar-refractivity contribution in [3.05, 3.63) is 11.3 Å². The van der Waals surface area contributed by atoms with Crippen LogP contribution in [0.15, 0.2) is 11.3 Å². The third-order valence-electron chi connectivity index (χ3n) is 1.98. The summed E-state index contributed by atoms with van der Waals surface area (Å²) in [5, 5.41) is 9.30. The second-order valence-electron chi connectivity index (χ2n) is 3.52. The zero-order valence-electron chi connectivity index (χ0n) is 8.25. The average Bonchev–Trinajstić information content (AvgIpc) is 2.18. The normalized spacial score (nSPS) is 23.6. The van der Waals surface area contributed by atoms with Gasteiger partial charge in [-0.3, -0.25) is 4.79 Å². The lowest BCUT2D eigenvalue weighted by Gasteiger charge is -2.19. The van der Waals surface area contributed by atoms with Crippen molar-refractivity contribution in [3.63, 3.8) is 0 Å². The molecule has 0 aliphatic carbocycles. The predicted octanol–water partition coefficient (Wildman–Crippen LogP) is 1.32. The highest BCUT2D eigenvalue weighted by Gasteiger charge is 2.42. The van der Waals surface area contributed by atoms with Crippen LogP contribution in [0, 0.1) is 0 Å². The van der Waals surface area contributed by atoms with Crippen LogP contribution in [0.5, 0.6) is 0 Å². The monoisotopic (exact) mass is 202 g/mol. The summed E-state index contributed by atoms with van der Waals surface area (Å²) in [5.74, 6) is 0.595. The maximum atomic E-state index is 11.5. The molecule has 0 aromatic carbocycles. The molecule has 0 amide bonds. The highest BCUT2D eigenvalue weighted by molar-refractivity contribution is 8.15. The van der Waals surface area contributed by atoms with Crippen molar-refractivity contribution in [2.24, 2.45) is 0 Å². The van der Waals surface area contributed by atoms with Crippen molar-refractivity contribution in [3.8, 4) is 0 Å². The first-order valence-corrected chi connectivity index (χ1v) is 4.92. The van der Waals surface area contributed by atoms with Gasteiger partial charge in [-0.1, -0.05) is 11.8 Å². The number of rotatable bonds is 2. The molecule has 0 fully saturated rings. The number of thioether (sulfide) groups is 1. The number of hydrogen-bond acceptors (Lipinski definition) is 4. The van der Waals surface area contributed by atoms with Gasteiger partial charge in [-0.2, -0.15) is 0 Å². The minimum atomic E-state index is -0.753. The Morgan fingerprint density at radius 3 is 2.38 bits per heavy atom. The molecule has 0 spiro atoms. The van der Waals surface area contributed by atoms with Gasteiger partial charge in [0.2, 0.25) is 5.12 Å². The van der Waals surface area contributed by atoms with Crippen LogP contribution in [-0.4, -0.2) is 28.2 Å². The molecule has 1 aliphatic heterocycles. The van der Waals surface area contributed by atoms with Crippen molar-refractivity contribution in [2.75, 3.05) is 7.11 Å². The van der Waals surface area contributed by atoms with Gasteiger partial charge in [0.05, 0.1) is 23.5 Å². The summed E-state index contributed by atoms with van der Waals surface area (Å²) in [4.78, 5) is 11.5. The SMILES string of the molecule is COC1=C(C(C)O)C(=O)SC1(C)C. The van der Waals surface area contributed by atoms with E-state index in [1.54, 1.807) is 6.92 Å². The molecular formula is C9H14O3S. The summed E-state index contributed by atoms with van der Waals surface area (Å²) in [5.41, 5.74) is 0.400. The molecule has 0 saturated carbocycles. The van der Waals surface area contributed by atoms with Crippen LogP contribution in [0.3, 0.4) is 0 Å². The maximum absolute atomic E-state index is 11.5. The van der Waals surface area contributed by atoms with E-state index in [0.29, 0.717) is 11.3 Å². The van der Waals surface area contributed by atoms with Crippen LogP contribution in [0.2, 0.25) is 0 Å². The van der Waals surface area contributed by atoms with Gasteiger partial charge in [-0.25, -0.2) is 0 Å². The Labute approximate surface area is 82.2 Å². The number of methoxy groups -OCH3 is 1. The third kappa shape index (κ3) is 1.74. The first kappa shape index (κ1) is 10.6. The molecule has 1 atom stereocenters. The van der Waals surface area contributed by atoms with Crippen molar-refractivity contribution < 1.29 is 14.6 Å². The largest absolute Gasteiger partial charge is 0.499 e. The molecule has 1 N–H and O–H groups in total. The summed E-state index contributed by atoms with van der Waals surface area (Å²) in [6, 6.07) is 0. The minimum Gasteiger partial charge on any atom is -0.499 e. The van der Waals surface area contributed by atoms with Gasteiger partial charge in [-0.05, 0) is 20.8 Å². The Morgan fingerprint density at radius 2 is 2.08 bits per heavy atom. The van der Waals surface area contributed by atoms with E-state index in [4.69, 9.17) is 4.74 Å². The first-order chi connectivity index (χ1) is 5.90. The Bertz CT molecular complexity index is 266. The third-order valence-corrected chi connectivity index (χ3v) is 3.08. The lowest BCUT2D eigenvalue weighted by atomic mass is 10.0. The second kappa shape index (κ2) is 3.35. The number of carbonyl (C=O) groups is 1. The topological polar surface area (TPSA) is 46.5 Å². The molecule has 1 unspecified atom stereocenters. The highest BCUT2D eigenvalue weighted by atomic mass is 32.2. The van der Waals surface area contributed by atoms with Gasteiger partial charge in [0.25, 0.3) is 0 Å². The van der Waals surface area contributed by atoms with Gasteiger partial charge in [-0.15, -0.1) is 0 Å². The van der Waals surface area contributed by atoms with Crippen LogP contribution >= 0.6 is 11.8 Å². The summed E-state index contributed by atoms with van der Waals surface area (Å²) < 4.78 is 4.80. The number of ether oxygens (including phenoxy) is 1. The molecule has 74 valence electrons. The Kier molecular flexibility index (Phi) is 2.73. The van der Waals surface area contributed by atoms with Crippen molar-refractivity contribution in [2.45, 2.75) is 31.6 Å². The van der Waals surface area contributed by atoms with E-state index in [1.165, 1.54) is 18.9 Å². The minimum absolute atomic E-state index is 0.0862. The average molecular weight is 202 g/mol. The lowest BCUT2D eigenvalue weighted by molar-refractivity contribution is -0.108. The molecule has 13 heavy (non-hydrogen) atoms. The smallest absolute Gasteiger partial charge is 0.222 e. The zero-order chi connectivity index (χ0) is 10.2. The van der Waals surface area contributed by atoms with Gasteiger partial charge in [0.15, 0.2) is 0 Å². The summed E-state index contributed by atoms with van der Waals surface area (Å²) in [7, 11) is 1.53. The van der Waals surface area contributed by atoms with Crippen molar-refractivity contribution in [1.82, 2.24) is 0 Å². The first-order valence-electron chi connectivity index (χ1n) is 4.10. The Morgan fingerprint density at radius 1 is 1.54 bits per heavy atom. The fourth-order valence-corrected chi connectivity index (χ4v) is 2.59.